The number of rotatable bonds is 1. The van der Waals surface area contributed by atoms with E-state index in [-0.39, 0.29) is 6.04 Å². The number of hydrogen-bond acceptors (Lipinski definition) is 3. The maximum Gasteiger partial charge on any atom is 0.471 e. The van der Waals surface area contributed by atoms with Crippen LogP contribution in [0.3, 0.4) is 0 Å². The van der Waals surface area contributed by atoms with Crippen LogP contribution >= 0.6 is 0 Å². The number of alkyl halides is 3. The Balaban J connectivity index is 2.02. The van der Waals surface area contributed by atoms with E-state index >= 15 is 0 Å². The molecule has 0 aromatic rings. The fraction of sp³-hybridized carbons (Fsp3) is 0.846. The van der Waals surface area contributed by atoms with E-state index in [1.807, 2.05) is 5.32 Å². The molecule has 2 saturated heterocycles. The topological polar surface area (TPSA) is 58.6 Å². The van der Waals surface area contributed by atoms with Gasteiger partial charge in [0.05, 0.1) is 12.1 Å². The number of hydrogen-bond donors (Lipinski definition) is 1. The maximum absolute atomic E-state index is 12.3. The highest BCUT2D eigenvalue weighted by atomic mass is 19.4. The quantitative estimate of drug-likeness (QED) is 0.808. The van der Waals surface area contributed by atoms with Gasteiger partial charge in [-0.2, -0.15) is 13.2 Å². The lowest BCUT2D eigenvalue weighted by atomic mass is 9.95. The fourth-order valence-electron chi connectivity index (χ4n) is 2.99. The largest absolute Gasteiger partial charge is 0.471 e. The first-order valence-electron chi connectivity index (χ1n) is 6.88. The van der Waals surface area contributed by atoms with Crippen LogP contribution < -0.4 is 5.32 Å². The van der Waals surface area contributed by atoms with Gasteiger partial charge < -0.3 is 15.0 Å². The van der Waals surface area contributed by atoms with E-state index in [1.54, 1.807) is 20.8 Å². The summed E-state index contributed by atoms with van der Waals surface area (Å²) in [6.45, 7) is 5.18. The maximum atomic E-state index is 12.3. The number of carbonyl (C=O) groups excluding carboxylic acids is 2. The Kier molecular flexibility index (Phi) is 3.84. The Morgan fingerprint density at radius 3 is 2.33 bits per heavy atom. The summed E-state index contributed by atoms with van der Waals surface area (Å²) in [5.74, 6) is -1.95. The molecule has 2 heterocycles. The number of carbonyl (C=O) groups is 2. The molecule has 2 rings (SSSR count). The standard InChI is InChI=1S/C13H19F3N2O3/c1-12(2,3)21-11(20)18-7-4-5-9(18)8(6-7)17-10(19)13(14,15)16/h7-9H,4-6H2,1-3H3,(H,17,19)/t7-,8-,9+/m1/s1. The molecule has 2 bridgehead atoms. The summed E-state index contributed by atoms with van der Waals surface area (Å²) in [6, 6.07) is -1.25. The number of nitrogens with one attached hydrogen (secondary N) is 1. The van der Waals surface area contributed by atoms with Crippen molar-refractivity contribution in [3.05, 3.63) is 0 Å². The molecule has 2 aliphatic heterocycles. The lowest BCUT2D eigenvalue weighted by Crippen LogP contribution is -2.49. The summed E-state index contributed by atoms with van der Waals surface area (Å²) in [5, 5.41) is 1.98. The van der Waals surface area contributed by atoms with Crippen LogP contribution in [0.1, 0.15) is 40.0 Å². The van der Waals surface area contributed by atoms with Crippen LogP contribution in [0.15, 0.2) is 0 Å². The van der Waals surface area contributed by atoms with Gasteiger partial charge >= 0.3 is 18.2 Å². The molecule has 8 heteroatoms. The second kappa shape index (κ2) is 5.06. The minimum absolute atomic E-state index is 0.164. The highest BCUT2D eigenvalue weighted by Gasteiger charge is 2.52. The van der Waals surface area contributed by atoms with Gasteiger partial charge in [0.25, 0.3) is 0 Å². The van der Waals surface area contributed by atoms with Crippen molar-refractivity contribution in [2.75, 3.05) is 0 Å². The average molecular weight is 308 g/mol. The fourth-order valence-corrected chi connectivity index (χ4v) is 2.99. The molecule has 1 N–H and O–H groups in total. The Labute approximate surface area is 120 Å². The Morgan fingerprint density at radius 2 is 1.81 bits per heavy atom. The molecule has 21 heavy (non-hydrogen) atoms. The third kappa shape index (κ3) is 3.41. The summed E-state index contributed by atoms with van der Waals surface area (Å²) < 4.78 is 42.2. The van der Waals surface area contributed by atoms with Gasteiger partial charge in [0.1, 0.15) is 5.60 Å². The van der Waals surface area contributed by atoms with Gasteiger partial charge in [-0.1, -0.05) is 0 Å². The van der Waals surface area contributed by atoms with E-state index in [1.165, 1.54) is 4.90 Å². The first-order chi connectivity index (χ1) is 9.49. The van der Waals surface area contributed by atoms with Crippen LogP contribution in [-0.4, -0.2) is 46.8 Å². The van der Waals surface area contributed by atoms with Gasteiger partial charge in [-0.25, -0.2) is 4.79 Å². The summed E-state index contributed by atoms with van der Waals surface area (Å²) in [7, 11) is 0. The third-order valence-corrected chi connectivity index (χ3v) is 3.72. The van der Waals surface area contributed by atoms with Gasteiger partial charge in [0.15, 0.2) is 0 Å². The molecule has 5 nitrogen and oxygen atoms in total. The molecule has 2 amide bonds. The second-order valence-electron chi connectivity index (χ2n) is 6.50. The van der Waals surface area contributed by atoms with E-state index in [0.29, 0.717) is 12.8 Å². The SMILES string of the molecule is CC(C)(C)OC(=O)N1[C@@H]2CC[C@H]1[C@H](NC(=O)C(F)(F)F)C2. The molecule has 120 valence electrons. The van der Waals surface area contributed by atoms with Crippen molar-refractivity contribution in [3.63, 3.8) is 0 Å². The molecule has 0 radical (unpaired) electrons. The van der Waals surface area contributed by atoms with Crippen LogP contribution in [0.4, 0.5) is 18.0 Å². The van der Waals surface area contributed by atoms with Gasteiger partial charge in [-0.3, -0.25) is 4.79 Å². The second-order valence-corrected chi connectivity index (χ2v) is 6.50. The van der Waals surface area contributed by atoms with Crippen molar-refractivity contribution in [1.82, 2.24) is 10.2 Å². The zero-order valence-electron chi connectivity index (χ0n) is 12.2. The molecule has 0 aliphatic carbocycles. The molecular formula is C13H19F3N2O3. The highest BCUT2D eigenvalue weighted by Crippen LogP contribution is 2.39. The minimum atomic E-state index is -4.90. The predicted octanol–water partition coefficient (Wildman–Crippen LogP) is 2.21. The van der Waals surface area contributed by atoms with E-state index in [9.17, 15) is 22.8 Å². The van der Waals surface area contributed by atoms with Crippen LogP contribution in [0.5, 0.6) is 0 Å². The average Bonchev–Trinajstić information content (AvgIpc) is 2.82. The summed E-state index contributed by atoms with van der Waals surface area (Å²) in [4.78, 5) is 24.6. The Hall–Kier alpha value is -1.47. The van der Waals surface area contributed by atoms with E-state index < -0.39 is 35.9 Å². The summed E-state index contributed by atoms with van der Waals surface area (Å²) in [6.07, 6.45) is -3.79. The van der Waals surface area contributed by atoms with Crippen molar-refractivity contribution in [3.8, 4) is 0 Å². The lowest BCUT2D eigenvalue weighted by Gasteiger charge is -2.28. The van der Waals surface area contributed by atoms with Crippen LogP contribution in [0, 0.1) is 0 Å². The lowest BCUT2D eigenvalue weighted by molar-refractivity contribution is -0.174. The van der Waals surface area contributed by atoms with E-state index in [2.05, 4.69) is 0 Å². The first-order valence-corrected chi connectivity index (χ1v) is 6.88. The zero-order valence-corrected chi connectivity index (χ0v) is 12.2. The number of nitrogens with zero attached hydrogens (tertiary/aromatic N) is 1. The highest BCUT2D eigenvalue weighted by molar-refractivity contribution is 5.82. The molecular weight excluding hydrogens is 289 g/mol. The Bertz CT molecular complexity index is 445. The van der Waals surface area contributed by atoms with Gasteiger partial charge in [-0.05, 0) is 40.0 Å². The van der Waals surface area contributed by atoms with Crippen molar-refractivity contribution < 1.29 is 27.5 Å². The molecule has 3 atom stereocenters. The van der Waals surface area contributed by atoms with E-state index in [0.717, 1.165) is 6.42 Å². The van der Waals surface area contributed by atoms with Crippen molar-refractivity contribution in [2.45, 2.75) is 69.9 Å². The molecule has 0 aromatic heterocycles. The molecule has 0 saturated carbocycles. The van der Waals surface area contributed by atoms with Crippen molar-refractivity contribution in [2.24, 2.45) is 0 Å². The zero-order chi connectivity index (χ0) is 16.0. The Morgan fingerprint density at radius 1 is 1.19 bits per heavy atom. The van der Waals surface area contributed by atoms with Gasteiger partial charge in [-0.15, -0.1) is 0 Å². The van der Waals surface area contributed by atoms with Crippen LogP contribution in [-0.2, 0) is 9.53 Å². The molecule has 0 aromatic carbocycles. The molecule has 2 fully saturated rings. The van der Waals surface area contributed by atoms with Crippen LogP contribution in [0.25, 0.3) is 0 Å². The monoisotopic (exact) mass is 308 g/mol. The van der Waals surface area contributed by atoms with Gasteiger partial charge in [0, 0.05) is 6.04 Å². The summed E-state index contributed by atoms with van der Waals surface area (Å²) >= 11 is 0. The van der Waals surface area contributed by atoms with Crippen molar-refractivity contribution in [1.29, 1.82) is 0 Å². The van der Waals surface area contributed by atoms with Gasteiger partial charge in [0.2, 0.25) is 0 Å². The minimum Gasteiger partial charge on any atom is -0.444 e. The first kappa shape index (κ1) is 15.9. The van der Waals surface area contributed by atoms with Crippen molar-refractivity contribution >= 4 is 12.0 Å². The number of fused-ring (bicyclic) bond motifs is 2. The number of amides is 2. The number of halogens is 3. The smallest absolute Gasteiger partial charge is 0.444 e. The number of ether oxygens (including phenoxy) is 1. The molecule has 2 aliphatic rings. The molecule has 0 spiro atoms. The summed E-state index contributed by atoms with van der Waals surface area (Å²) in [5.41, 5.74) is -0.663. The normalized spacial score (nSPS) is 28.7. The van der Waals surface area contributed by atoms with Crippen LogP contribution in [0.2, 0.25) is 0 Å². The molecule has 0 unspecified atom stereocenters. The predicted molar refractivity (Wildman–Crippen MR) is 67.5 cm³/mol. The van der Waals surface area contributed by atoms with E-state index in [4.69, 9.17) is 4.74 Å². The third-order valence-electron chi connectivity index (χ3n) is 3.72.